The first kappa shape index (κ1) is 24.4. The summed E-state index contributed by atoms with van der Waals surface area (Å²) in [5, 5.41) is 2.72. The van der Waals surface area contributed by atoms with Crippen molar-refractivity contribution in [3.8, 4) is 0 Å². The van der Waals surface area contributed by atoms with Crippen molar-refractivity contribution in [2.24, 2.45) is 0 Å². The Kier molecular flexibility index (Phi) is 9.96. The van der Waals surface area contributed by atoms with Gasteiger partial charge in [0.15, 0.2) is 0 Å². The molecule has 1 unspecified atom stereocenters. The summed E-state index contributed by atoms with van der Waals surface area (Å²) in [5.74, 6) is 0.370. The summed E-state index contributed by atoms with van der Waals surface area (Å²) in [6.07, 6.45) is 4.34. The molecule has 0 aliphatic carbocycles. The first-order valence-electron chi connectivity index (χ1n) is 10.2. The fourth-order valence-corrected chi connectivity index (χ4v) is 3.95. The Morgan fingerprint density at radius 1 is 1.00 bits per heavy atom. The Balaban J connectivity index is 2.78. The molecule has 7 heteroatoms. The van der Waals surface area contributed by atoms with Crippen LogP contribution in [0.15, 0.2) is 18.2 Å². The first-order valence-corrected chi connectivity index (χ1v) is 11.6. The molecule has 0 spiro atoms. The Morgan fingerprint density at radius 2 is 1.57 bits per heavy atom. The maximum Gasteiger partial charge on any atom is 0.363 e. The van der Waals surface area contributed by atoms with Crippen molar-refractivity contribution in [2.45, 2.75) is 91.6 Å². The van der Waals surface area contributed by atoms with E-state index < -0.39 is 22.4 Å². The average molecular weight is 413 g/mol. The predicted molar refractivity (Wildman–Crippen MR) is 115 cm³/mol. The molecule has 1 aromatic carbocycles. The van der Waals surface area contributed by atoms with Gasteiger partial charge in [-0.05, 0) is 36.3 Å². The molecule has 0 aliphatic rings. The van der Waals surface area contributed by atoms with Gasteiger partial charge in [-0.2, -0.15) is 8.42 Å². The largest absolute Gasteiger partial charge is 0.363 e. The van der Waals surface area contributed by atoms with Crippen LogP contribution in [0.3, 0.4) is 0 Å². The van der Waals surface area contributed by atoms with Gasteiger partial charge >= 0.3 is 16.3 Å². The second kappa shape index (κ2) is 11.4. The third kappa shape index (κ3) is 8.19. The number of carbonyl (C=O) groups excluding carboxylic acids is 1. The van der Waals surface area contributed by atoms with E-state index in [2.05, 4.69) is 12.2 Å². The first-order chi connectivity index (χ1) is 13.1. The molecule has 1 rings (SSSR count). The van der Waals surface area contributed by atoms with E-state index in [1.165, 1.54) is 0 Å². The fraction of sp³-hybridized carbons (Fsp3) is 0.667. The zero-order valence-electron chi connectivity index (χ0n) is 18.0. The van der Waals surface area contributed by atoms with Gasteiger partial charge in [0.2, 0.25) is 0 Å². The lowest BCUT2D eigenvalue weighted by atomic mass is 9.93. The lowest BCUT2D eigenvalue weighted by Crippen LogP contribution is -2.37. The Bertz CT molecular complexity index is 704. The highest BCUT2D eigenvalue weighted by molar-refractivity contribution is 7.85. The van der Waals surface area contributed by atoms with Crippen LogP contribution >= 0.6 is 0 Å². The molecule has 0 saturated carbocycles. The summed E-state index contributed by atoms with van der Waals surface area (Å²) in [7, 11) is -4.17. The van der Waals surface area contributed by atoms with Crippen LogP contribution < -0.4 is 10.0 Å². The number of amides is 2. The molecule has 0 aromatic heterocycles. The summed E-state index contributed by atoms with van der Waals surface area (Å²) in [6, 6.07) is 5.02. The second-order valence-electron chi connectivity index (χ2n) is 7.89. The lowest BCUT2D eigenvalue weighted by molar-refractivity contribution is 0.209. The van der Waals surface area contributed by atoms with E-state index in [1.54, 1.807) is 6.92 Å². The van der Waals surface area contributed by atoms with Gasteiger partial charge < -0.3 is 5.32 Å². The van der Waals surface area contributed by atoms with E-state index in [0.29, 0.717) is 12.1 Å². The molecule has 0 bridgehead atoms. The average Bonchev–Trinajstić information content (AvgIpc) is 2.57. The summed E-state index contributed by atoms with van der Waals surface area (Å²) in [6.45, 7) is 11.9. The Labute approximate surface area is 170 Å². The van der Waals surface area contributed by atoms with Crippen molar-refractivity contribution in [1.82, 2.24) is 4.72 Å². The number of nitrogens with one attached hydrogen (secondary N) is 2. The van der Waals surface area contributed by atoms with Gasteiger partial charge in [0.05, 0.1) is 6.10 Å². The SMILES string of the molecule is CCCCCCC(C)OS(=O)(=O)NC(=O)Nc1c(C(C)C)cccc1C(C)C. The van der Waals surface area contributed by atoms with Crippen molar-refractivity contribution < 1.29 is 17.4 Å². The van der Waals surface area contributed by atoms with E-state index in [-0.39, 0.29) is 11.8 Å². The molecule has 0 saturated heterocycles. The van der Waals surface area contributed by atoms with Crippen LogP contribution in [0, 0.1) is 0 Å². The van der Waals surface area contributed by atoms with Crippen LogP contribution in [0.2, 0.25) is 0 Å². The molecule has 6 nitrogen and oxygen atoms in total. The molecule has 0 radical (unpaired) electrons. The summed E-state index contributed by atoms with van der Waals surface area (Å²) >= 11 is 0. The van der Waals surface area contributed by atoms with Crippen molar-refractivity contribution in [2.75, 3.05) is 5.32 Å². The summed E-state index contributed by atoms with van der Waals surface area (Å²) in [4.78, 5) is 12.4. The molecule has 1 atom stereocenters. The maximum absolute atomic E-state index is 12.4. The van der Waals surface area contributed by atoms with Crippen LogP contribution in [0.1, 0.15) is 96.6 Å². The van der Waals surface area contributed by atoms with Gasteiger partial charge in [-0.15, -0.1) is 0 Å². The molecule has 2 N–H and O–H groups in total. The zero-order valence-corrected chi connectivity index (χ0v) is 18.9. The number of hydrogen-bond donors (Lipinski definition) is 2. The highest BCUT2D eigenvalue weighted by Crippen LogP contribution is 2.32. The van der Waals surface area contributed by atoms with Crippen molar-refractivity contribution in [3.05, 3.63) is 29.3 Å². The minimum Gasteiger partial charge on any atom is -0.307 e. The van der Waals surface area contributed by atoms with Gasteiger partial charge in [0, 0.05) is 5.69 Å². The van der Waals surface area contributed by atoms with Gasteiger partial charge in [0.1, 0.15) is 0 Å². The van der Waals surface area contributed by atoms with E-state index in [1.807, 2.05) is 50.6 Å². The normalized spacial score (nSPS) is 13.0. The molecule has 1 aromatic rings. The molecule has 28 heavy (non-hydrogen) atoms. The maximum atomic E-state index is 12.4. The van der Waals surface area contributed by atoms with E-state index in [9.17, 15) is 13.2 Å². The zero-order chi connectivity index (χ0) is 21.3. The van der Waals surface area contributed by atoms with E-state index >= 15 is 0 Å². The lowest BCUT2D eigenvalue weighted by Gasteiger charge is -2.20. The number of urea groups is 1. The highest BCUT2D eigenvalue weighted by atomic mass is 32.2. The predicted octanol–water partition coefficient (Wildman–Crippen LogP) is 5.68. The minimum atomic E-state index is -4.17. The van der Waals surface area contributed by atoms with Gasteiger partial charge in [-0.1, -0.05) is 78.5 Å². The number of rotatable bonds is 11. The number of benzene rings is 1. The van der Waals surface area contributed by atoms with E-state index in [4.69, 9.17) is 4.18 Å². The topological polar surface area (TPSA) is 84.5 Å². The van der Waals surface area contributed by atoms with Crippen molar-refractivity contribution in [1.29, 1.82) is 0 Å². The second-order valence-corrected chi connectivity index (χ2v) is 9.19. The highest BCUT2D eigenvalue weighted by Gasteiger charge is 2.21. The third-order valence-corrected chi connectivity index (χ3v) is 5.60. The van der Waals surface area contributed by atoms with Crippen LogP contribution in [-0.4, -0.2) is 20.6 Å². The summed E-state index contributed by atoms with van der Waals surface area (Å²) < 4.78 is 31.4. The minimum absolute atomic E-state index is 0.185. The van der Waals surface area contributed by atoms with Crippen LogP contribution in [0.25, 0.3) is 0 Å². The molecular weight excluding hydrogens is 376 g/mol. The molecule has 0 fully saturated rings. The number of anilines is 1. The third-order valence-electron chi connectivity index (χ3n) is 4.58. The van der Waals surface area contributed by atoms with Gasteiger partial charge in [-0.3, -0.25) is 4.18 Å². The molecular formula is C21H36N2O4S. The molecule has 0 aliphatic heterocycles. The van der Waals surface area contributed by atoms with Crippen molar-refractivity contribution in [3.63, 3.8) is 0 Å². The quantitative estimate of drug-likeness (QED) is 0.458. The number of unbranched alkanes of at least 4 members (excludes halogenated alkanes) is 3. The smallest absolute Gasteiger partial charge is 0.307 e. The van der Waals surface area contributed by atoms with Crippen LogP contribution in [0.4, 0.5) is 10.5 Å². The molecule has 160 valence electrons. The number of hydrogen-bond acceptors (Lipinski definition) is 4. The fourth-order valence-electron chi connectivity index (χ4n) is 3.09. The van der Waals surface area contributed by atoms with Gasteiger partial charge in [-0.25, -0.2) is 9.52 Å². The van der Waals surface area contributed by atoms with Gasteiger partial charge in [0.25, 0.3) is 0 Å². The number of carbonyl (C=O) groups is 1. The molecule has 2 amide bonds. The van der Waals surface area contributed by atoms with Crippen molar-refractivity contribution >= 4 is 22.0 Å². The molecule has 0 heterocycles. The number of para-hydroxylation sites is 1. The standard InChI is InChI=1S/C21H36N2O4S/c1-7-8-9-10-12-17(6)27-28(25,26)23-21(24)22-20-18(15(2)3)13-11-14-19(20)16(4)5/h11,13-17H,7-10,12H2,1-6H3,(H2,22,23,24). The van der Waals surface area contributed by atoms with E-state index in [0.717, 1.165) is 36.8 Å². The van der Waals surface area contributed by atoms with Crippen LogP contribution in [-0.2, 0) is 14.5 Å². The Morgan fingerprint density at radius 3 is 2.07 bits per heavy atom. The Hall–Kier alpha value is -1.60. The van der Waals surface area contributed by atoms with Crippen LogP contribution in [0.5, 0.6) is 0 Å². The summed E-state index contributed by atoms with van der Waals surface area (Å²) in [5.41, 5.74) is 2.58. The monoisotopic (exact) mass is 412 g/mol.